The summed E-state index contributed by atoms with van der Waals surface area (Å²) >= 11 is 5.92. The van der Waals surface area contributed by atoms with Crippen LogP contribution in [0.25, 0.3) is 11.5 Å². The van der Waals surface area contributed by atoms with Gasteiger partial charge in [0.05, 0.1) is 6.54 Å². The maximum Gasteiger partial charge on any atom is 0.254 e. The fourth-order valence-corrected chi connectivity index (χ4v) is 3.09. The summed E-state index contributed by atoms with van der Waals surface area (Å²) in [6.45, 7) is 4.37. The van der Waals surface area contributed by atoms with E-state index < -0.39 is 0 Å². The fourth-order valence-electron chi connectivity index (χ4n) is 2.97. The first-order chi connectivity index (χ1) is 13.0. The Bertz CT molecular complexity index is 977. The Morgan fingerprint density at radius 3 is 2.52 bits per heavy atom. The van der Waals surface area contributed by atoms with Gasteiger partial charge >= 0.3 is 0 Å². The third-order valence-corrected chi connectivity index (χ3v) is 5.12. The third kappa shape index (κ3) is 3.88. The first kappa shape index (κ1) is 17.7. The van der Waals surface area contributed by atoms with Gasteiger partial charge < -0.3 is 9.32 Å². The number of halogens is 1. The number of nitrogens with zero attached hydrogens (tertiary/aromatic N) is 3. The predicted molar refractivity (Wildman–Crippen MR) is 104 cm³/mol. The first-order valence-corrected chi connectivity index (χ1v) is 9.35. The molecule has 1 amide bonds. The van der Waals surface area contributed by atoms with Crippen molar-refractivity contribution >= 4 is 17.5 Å². The molecule has 1 saturated carbocycles. The molecular formula is C21H20ClN3O2. The Morgan fingerprint density at radius 2 is 1.85 bits per heavy atom. The van der Waals surface area contributed by atoms with E-state index >= 15 is 0 Å². The zero-order valence-electron chi connectivity index (χ0n) is 15.3. The Labute approximate surface area is 163 Å². The van der Waals surface area contributed by atoms with Crippen LogP contribution in [0.4, 0.5) is 0 Å². The highest BCUT2D eigenvalue weighted by Crippen LogP contribution is 2.30. The highest BCUT2D eigenvalue weighted by Gasteiger charge is 2.34. The van der Waals surface area contributed by atoms with Gasteiger partial charge in [0.1, 0.15) is 0 Å². The van der Waals surface area contributed by atoms with Crippen molar-refractivity contribution in [2.75, 3.05) is 0 Å². The molecule has 0 atom stereocenters. The number of aryl methyl sites for hydroxylation is 2. The lowest BCUT2D eigenvalue weighted by Gasteiger charge is -2.21. The zero-order chi connectivity index (χ0) is 19.0. The van der Waals surface area contributed by atoms with Gasteiger partial charge in [-0.3, -0.25) is 4.79 Å². The predicted octanol–water partition coefficient (Wildman–Crippen LogP) is 4.81. The van der Waals surface area contributed by atoms with Crippen LogP contribution in [-0.2, 0) is 6.54 Å². The first-order valence-electron chi connectivity index (χ1n) is 8.98. The number of hydrogen-bond acceptors (Lipinski definition) is 4. The summed E-state index contributed by atoms with van der Waals surface area (Å²) in [4.78, 5) is 14.9. The maximum absolute atomic E-state index is 13.0. The molecule has 4 rings (SSSR count). The minimum absolute atomic E-state index is 0.00634. The molecule has 1 aliphatic rings. The molecule has 138 valence electrons. The molecule has 1 aromatic heterocycles. The van der Waals surface area contributed by atoms with Crippen molar-refractivity contribution < 1.29 is 9.21 Å². The van der Waals surface area contributed by atoms with E-state index in [1.807, 2.05) is 49.1 Å². The normalized spacial score (nSPS) is 13.6. The zero-order valence-corrected chi connectivity index (χ0v) is 16.0. The van der Waals surface area contributed by atoms with Gasteiger partial charge in [-0.05, 0) is 74.2 Å². The molecule has 1 heterocycles. The van der Waals surface area contributed by atoms with Gasteiger partial charge in [-0.1, -0.05) is 17.7 Å². The van der Waals surface area contributed by atoms with Crippen molar-refractivity contribution in [3.05, 3.63) is 70.1 Å². The SMILES string of the molecule is Cc1ccc(C(=O)N(Cc2nnc(-c3ccc(Cl)cc3)o2)C2CC2)cc1C. The smallest absolute Gasteiger partial charge is 0.254 e. The van der Waals surface area contributed by atoms with Gasteiger partial charge in [0.25, 0.3) is 5.91 Å². The second-order valence-corrected chi connectivity index (χ2v) is 7.41. The van der Waals surface area contributed by atoms with Crippen LogP contribution in [-0.4, -0.2) is 27.0 Å². The summed E-state index contributed by atoms with van der Waals surface area (Å²) < 4.78 is 5.79. The molecule has 1 aliphatic carbocycles. The largest absolute Gasteiger partial charge is 0.419 e. The van der Waals surface area contributed by atoms with Crippen LogP contribution in [0.2, 0.25) is 5.02 Å². The summed E-state index contributed by atoms with van der Waals surface area (Å²) in [5.41, 5.74) is 3.78. The molecule has 0 unspecified atom stereocenters. The fraction of sp³-hybridized carbons (Fsp3) is 0.286. The quantitative estimate of drug-likeness (QED) is 0.636. The second kappa shape index (κ2) is 7.16. The Balaban J connectivity index is 1.54. The minimum Gasteiger partial charge on any atom is -0.419 e. The molecular weight excluding hydrogens is 362 g/mol. The number of amides is 1. The number of benzene rings is 2. The van der Waals surface area contributed by atoms with Crippen molar-refractivity contribution in [2.45, 2.75) is 39.3 Å². The van der Waals surface area contributed by atoms with Gasteiger partial charge in [0.15, 0.2) is 0 Å². The van der Waals surface area contributed by atoms with E-state index in [-0.39, 0.29) is 11.9 Å². The van der Waals surface area contributed by atoms with Crippen molar-refractivity contribution in [1.82, 2.24) is 15.1 Å². The van der Waals surface area contributed by atoms with E-state index in [2.05, 4.69) is 10.2 Å². The second-order valence-electron chi connectivity index (χ2n) is 6.97. The van der Waals surface area contributed by atoms with Crippen LogP contribution in [0.15, 0.2) is 46.9 Å². The van der Waals surface area contributed by atoms with Crippen LogP contribution >= 0.6 is 11.6 Å². The van der Waals surface area contributed by atoms with Crippen LogP contribution < -0.4 is 0 Å². The number of carbonyl (C=O) groups is 1. The number of carbonyl (C=O) groups excluding carboxylic acids is 1. The molecule has 1 fully saturated rings. The Kier molecular flexibility index (Phi) is 4.70. The molecule has 6 heteroatoms. The maximum atomic E-state index is 13.0. The lowest BCUT2D eigenvalue weighted by Crippen LogP contribution is -2.32. The van der Waals surface area contributed by atoms with Crippen LogP contribution in [0.3, 0.4) is 0 Å². The summed E-state index contributed by atoms with van der Waals surface area (Å²) in [6, 6.07) is 13.3. The molecule has 0 bridgehead atoms. The molecule has 0 saturated heterocycles. The summed E-state index contributed by atoms with van der Waals surface area (Å²) in [5, 5.41) is 8.89. The Hall–Kier alpha value is -2.66. The van der Waals surface area contributed by atoms with Gasteiger partial charge in [-0.2, -0.15) is 0 Å². The Morgan fingerprint density at radius 1 is 1.11 bits per heavy atom. The lowest BCUT2D eigenvalue weighted by atomic mass is 10.1. The van der Waals surface area contributed by atoms with E-state index in [1.165, 1.54) is 5.56 Å². The standard InChI is InChI=1S/C21H20ClN3O2/c1-13-3-4-16(11-14(13)2)21(26)25(18-9-10-18)12-19-23-24-20(27-19)15-5-7-17(22)8-6-15/h3-8,11,18H,9-10,12H2,1-2H3. The van der Waals surface area contributed by atoms with Crippen molar-refractivity contribution in [2.24, 2.45) is 0 Å². The summed E-state index contributed by atoms with van der Waals surface area (Å²) in [5.74, 6) is 0.868. The average Bonchev–Trinajstić information content (AvgIpc) is 3.40. The van der Waals surface area contributed by atoms with Crippen LogP contribution in [0.1, 0.15) is 40.2 Å². The molecule has 0 spiro atoms. The van der Waals surface area contributed by atoms with Gasteiger partial charge in [0, 0.05) is 22.2 Å². The monoisotopic (exact) mass is 381 g/mol. The molecule has 0 N–H and O–H groups in total. The number of aromatic nitrogens is 2. The highest BCUT2D eigenvalue weighted by atomic mass is 35.5. The highest BCUT2D eigenvalue weighted by molar-refractivity contribution is 6.30. The van der Waals surface area contributed by atoms with E-state index in [9.17, 15) is 4.79 Å². The third-order valence-electron chi connectivity index (χ3n) is 4.87. The van der Waals surface area contributed by atoms with Crippen LogP contribution in [0.5, 0.6) is 0 Å². The van der Waals surface area contributed by atoms with Crippen molar-refractivity contribution in [3.63, 3.8) is 0 Å². The number of rotatable bonds is 5. The molecule has 0 aliphatic heterocycles. The number of hydrogen-bond donors (Lipinski definition) is 0. The molecule has 2 aromatic carbocycles. The van der Waals surface area contributed by atoms with Gasteiger partial charge in [-0.25, -0.2) is 0 Å². The van der Waals surface area contributed by atoms with Crippen molar-refractivity contribution in [3.8, 4) is 11.5 Å². The van der Waals surface area contributed by atoms with E-state index in [0.29, 0.717) is 28.9 Å². The average molecular weight is 382 g/mol. The van der Waals surface area contributed by atoms with Crippen molar-refractivity contribution in [1.29, 1.82) is 0 Å². The van der Waals surface area contributed by atoms with E-state index in [1.54, 1.807) is 12.1 Å². The molecule has 0 radical (unpaired) electrons. The van der Waals surface area contributed by atoms with Gasteiger partial charge in [0.2, 0.25) is 11.8 Å². The summed E-state index contributed by atoms with van der Waals surface area (Å²) in [7, 11) is 0. The molecule has 5 nitrogen and oxygen atoms in total. The molecule has 3 aromatic rings. The molecule has 27 heavy (non-hydrogen) atoms. The van der Waals surface area contributed by atoms with E-state index in [0.717, 1.165) is 24.0 Å². The van der Waals surface area contributed by atoms with E-state index in [4.69, 9.17) is 16.0 Å². The lowest BCUT2D eigenvalue weighted by molar-refractivity contribution is 0.0714. The topological polar surface area (TPSA) is 59.2 Å². The van der Waals surface area contributed by atoms with Gasteiger partial charge in [-0.15, -0.1) is 10.2 Å². The summed E-state index contributed by atoms with van der Waals surface area (Å²) in [6.07, 6.45) is 2.02. The van der Waals surface area contributed by atoms with Crippen LogP contribution in [0, 0.1) is 13.8 Å². The minimum atomic E-state index is 0.00634.